The quantitative estimate of drug-likeness (QED) is 0.530. The first-order valence-electron chi connectivity index (χ1n) is 6.97. The van der Waals surface area contributed by atoms with Crippen molar-refractivity contribution in [2.75, 3.05) is 32.0 Å². The van der Waals surface area contributed by atoms with Crippen molar-refractivity contribution >= 4 is 11.6 Å². The molecule has 112 valence electrons. The molecule has 20 heavy (non-hydrogen) atoms. The summed E-state index contributed by atoms with van der Waals surface area (Å²) in [6.07, 6.45) is 0.828. The molecule has 0 fully saturated rings. The minimum atomic E-state index is -0.293. The molecule has 0 saturated carbocycles. The highest BCUT2D eigenvalue weighted by atomic mass is 16.5. The highest BCUT2D eigenvalue weighted by molar-refractivity contribution is 5.75. The van der Waals surface area contributed by atoms with Gasteiger partial charge in [-0.05, 0) is 24.5 Å². The topological polar surface area (TPSA) is 81.6 Å². The normalized spacial score (nSPS) is 11.0. The maximum Gasteiger partial charge on any atom is 0.231 e. The molecule has 1 aromatic rings. The van der Waals surface area contributed by atoms with Crippen LogP contribution in [0.5, 0.6) is 5.75 Å². The van der Waals surface area contributed by atoms with Crippen molar-refractivity contribution in [3.8, 4) is 5.75 Å². The van der Waals surface area contributed by atoms with Crippen LogP contribution in [-0.2, 0) is 4.79 Å². The molecular formula is C15H25N3O2. The number of nitrogens with zero attached hydrogens (tertiary/aromatic N) is 1. The number of carbonyl (C=O) groups excluding carboxylic acids is 1. The van der Waals surface area contributed by atoms with Crippen molar-refractivity contribution < 1.29 is 9.53 Å². The minimum absolute atomic E-state index is 0.293. The second kappa shape index (κ2) is 8.43. The van der Waals surface area contributed by atoms with Crippen LogP contribution >= 0.6 is 0 Å². The molecule has 0 aliphatic carbocycles. The van der Waals surface area contributed by atoms with Crippen LogP contribution < -0.4 is 16.2 Å². The van der Waals surface area contributed by atoms with Gasteiger partial charge in [-0.2, -0.15) is 0 Å². The van der Waals surface area contributed by atoms with Crippen LogP contribution in [0.2, 0.25) is 0 Å². The summed E-state index contributed by atoms with van der Waals surface area (Å²) in [5.74, 6) is 0.914. The maximum absolute atomic E-state index is 11.0. The van der Waals surface area contributed by atoms with Crippen LogP contribution in [0.3, 0.4) is 0 Å². The van der Waals surface area contributed by atoms with Gasteiger partial charge in [0.15, 0.2) is 0 Å². The molecule has 1 amide bonds. The first kappa shape index (κ1) is 16.3. The van der Waals surface area contributed by atoms with E-state index in [4.69, 9.17) is 16.2 Å². The molecule has 0 radical (unpaired) electrons. The molecule has 1 rings (SSSR count). The Kier molecular flexibility index (Phi) is 6.87. The van der Waals surface area contributed by atoms with E-state index in [2.05, 4.69) is 18.7 Å². The van der Waals surface area contributed by atoms with Gasteiger partial charge >= 0.3 is 0 Å². The average molecular weight is 279 g/mol. The number of nitrogens with two attached hydrogens (primary N) is 2. The lowest BCUT2D eigenvalue weighted by molar-refractivity contribution is -0.119. The van der Waals surface area contributed by atoms with Gasteiger partial charge in [0.2, 0.25) is 5.91 Å². The predicted octanol–water partition coefficient (Wildman–Crippen LogP) is 1.48. The van der Waals surface area contributed by atoms with Gasteiger partial charge in [-0.1, -0.05) is 26.0 Å². The highest BCUT2D eigenvalue weighted by Crippen LogP contribution is 2.19. The Labute approximate surface area is 120 Å². The number of rotatable bonds is 9. The van der Waals surface area contributed by atoms with Crippen molar-refractivity contribution in [2.24, 2.45) is 11.7 Å². The second-order valence-electron chi connectivity index (χ2n) is 5.34. The van der Waals surface area contributed by atoms with Crippen LogP contribution in [0, 0.1) is 5.92 Å². The van der Waals surface area contributed by atoms with Crippen LogP contribution in [0.25, 0.3) is 0 Å². The molecule has 4 N–H and O–H groups in total. The van der Waals surface area contributed by atoms with E-state index in [1.807, 2.05) is 24.3 Å². The van der Waals surface area contributed by atoms with E-state index < -0.39 is 0 Å². The summed E-state index contributed by atoms with van der Waals surface area (Å²) >= 11 is 0. The van der Waals surface area contributed by atoms with Crippen LogP contribution in [0.4, 0.5) is 5.69 Å². The number of primary amides is 1. The van der Waals surface area contributed by atoms with Gasteiger partial charge in [0.1, 0.15) is 5.75 Å². The molecule has 5 heteroatoms. The summed E-state index contributed by atoms with van der Waals surface area (Å²) in [5.41, 5.74) is 11.7. The fourth-order valence-electron chi connectivity index (χ4n) is 2.05. The predicted molar refractivity (Wildman–Crippen MR) is 81.4 cm³/mol. The number of para-hydroxylation sites is 2. The van der Waals surface area contributed by atoms with Crippen molar-refractivity contribution in [3.05, 3.63) is 24.3 Å². The standard InChI is InChI=1S/C15H25N3O2/c1-12(2)10-18(11-15(17)19)8-5-9-20-14-7-4-3-6-13(14)16/h3-4,6-7,12H,5,8-11,16H2,1-2H3,(H2,17,19). The number of ether oxygens (including phenoxy) is 1. The first-order valence-corrected chi connectivity index (χ1v) is 6.97. The summed E-state index contributed by atoms with van der Waals surface area (Å²) in [5, 5.41) is 0. The van der Waals surface area contributed by atoms with E-state index in [9.17, 15) is 4.79 Å². The lowest BCUT2D eigenvalue weighted by Crippen LogP contribution is -2.37. The van der Waals surface area contributed by atoms with Crippen molar-refractivity contribution in [1.29, 1.82) is 0 Å². The Hall–Kier alpha value is -1.75. The third-order valence-corrected chi connectivity index (χ3v) is 2.80. The number of anilines is 1. The van der Waals surface area contributed by atoms with E-state index >= 15 is 0 Å². The minimum Gasteiger partial charge on any atom is -0.491 e. The summed E-state index contributed by atoms with van der Waals surface area (Å²) < 4.78 is 5.63. The summed E-state index contributed by atoms with van der Waals surface area (Å²) in [6.45, 7) is 6.75. The molecular weight excluding hydrogens is 254 g/mol. The number of amides is 1. The van der Waals surface area contributed by atoms with Gasteiger partial charge in [-0.3, -0.25) is 9.69 Å². The van der Waals surface area contributed by atoms with E-state index in [0.29, 0.717) is 30.5 Å². The van der Waals surface area contributed by atoms with Gasteiger partial charge < -0.3 is 16.2 Å². The Morgan fingerprint density at radius 3 is 2.65 bits per heavy atom. The van der Waals surface area contributed by atoms with Crippen LogP contribution in [0.1, 0.15) is 20.3 Å². The largest absolute Gasteiger partial charge is 0.491 e. The highest BCUT2D eigenvalue weighted by Gasteiger charge is 2.10. The SMILES string of the molecule is CC(C)CN(CCCOc1ccccc1N)CC(N)=O. The molecule has 0 aliphatic heterocycles. The monoisotopic (exact) mass is 279 g/mol. The number of carbonyl (C=O) groups is 1. The number of nitrogen functional groups attached to an aromatic ring is 1. The van der Waals surface area contributed by atoms with Gasteiger partial charge in [-0.25, -0.2) is 0 Å². The van der Waals surface area contributed by atoms with E-state index in [1.165, 1.54) is 0 Å². The van der Waals surface area contributed by atoms with Crippen LogP contribution in [0.15, 0.2) is 24.3 Å². The smallest absolute Gasteiger partial charge is 0.231 e. The lowest BCUT2D eigenvalue weighted by Gasteiger charge is -2.22. The van der Waals surface area contributed by atoms with E-state index in [-0.39, 0.29) is 5.91 Å². The lowest BCUT2D eigenvalue weighted by atomic mass is 10.2. The first-order chi connectivity index (χ1) is 9.49. The van der Waals surface area contributed by atoms with Crippen molar-refractivity contribution in [1.82, 2.24) is 4.90 Å². The Morgan fingerprint density at radius 1 is 1.35 bits per heavy atom. The fourth-order valence-corrected chi connectivity index (χ4v) is 2.05. The van der Waals surface area contributed by atoms with E-state index in [1.54, 1.807) is 0 Å². The Bertz CT molecular complexity index is 421. The van der Waals surface area contributed by atoms with Crippen molar-refractivity contribution in [2.45, 2.75) is 20.3 Å². The summed E-state index contributed by atoms with van der Waals surface area (Å²) in [6, 6.07) is 7.43. The molecule has 0 spiro atoms. The second-order valence-corrected chi connectivity index (χ2v) is 5.34. The molecule has 0 aliphatic rings. The molecule has 1 aromatic carbocycles. The Balaban J connectivity index is 2.33. The number of hydrogen-bond donors (Lipinski definition) is 2. The van der Waals surface area contributed by atoms with Gasteiger partial charge in [0.05, 0.1) is 18.8 Å². The molecule has 0 heterocycles. The molecule has 0 unspecified atom stereocenters. The Morgan fingerprint density at radius 2 is 2.05 bits per heavy atom. The van der Waals surface area contributed by atoms with E-state index in [0.717, 1.165) is 19.5 Å². The summed E-state index contributed by atoms with van der Waals surface area (Å²) in [7, 11) is 0. The molecule has 0 saturated heterocycles. The molecule has 0 bridgehead atoms. The third-order valence-electron chi connectivity index (χ3n) is 2.80. The summed E-state index contributed by atoms with van der Waals surface area (Å²) in [4.78, 5) is 13.1. The zero-order valence-electron chi connectivity index (χ0n) is 12.3. The molecule has 0 atom stereocenters. The van der Waals surface area contributed by atoms with Gasteiger partial charge in [0.25, 0.3) is 0 Å². The maximum atomic E-state index is 11.0. The number of hydrogen-bond acceptors (Lipinski definition) is 4. The average Bonchev–Trinajstić information content (AvgIpc) is 2.35. The zero-order chi connectivity index (χ0) is 15.0. The number of benzene rings is 1. The molecule has 0 aromatic heterocycles. The van der Waals surface area contributed by atoms with Crippen LogP contribution in [-0.4, -0.2) is 37.0 Å². The zero-order valence-corrected chi connectivity index (χ0v) is 12.3. The fraction of sp³-hybridized carbons (Fsp3) is 0.533. The van der Waals surface area contributed by atoms with Crippen molar-refractivity contribution in [3.63, 3.8) is 0 Å². The molecule has 5 nitrogen and oxygen atoms in total. The van der Waals surface area contributed by atoms with Gasteiger partial charge in [0, 0.05) is 13.1 Å². The van der Waals surface area contributed by atoms with Gasteiger partial charge in [-0.15, -0.1) is 0 Å². The third kappa shape index (κ3) is 6.43.